The summed E-state index contributed by atoms with van der Waals surface area (Å²) < 4.78 is 0. The molecule has 1 aromatic heterocycles. The van der Waals surface area contributed by atoms with Crippen molar-refractivity contribution in [2.75, 3.05) is 0 Å². The van der Waals surface area contributed by atoms with Crippen LogP contribution in [0.2, 0.25) is 0 Å². The molecule has 0 saturated heterocycles. The van der Waals surface area contributed by atoms with Gasteiger partial charge in [-0.3, -0.25) is 0 Å². The van der Waals surface area contributed by atoms with Gasteiger partial charge in [0, 0.05) is 12.3 Å². The first-order valence-corrected chi connectivity index (χ1v) is 1.99. The Morgan fingerprint density at radius 2 is 2.12 bits per heavy atom. The van der Waals surface area contributed by atoms with Crippen molar-refractivity contribution in [3.05, 3.63) is 24.4 Å². The van der Waals surface area contributed by atoms with Crippen molar-refractivity contribution in [1.29, 1.82) is 0 Å². The average Bonchev–Trinajstić information content (AvgIpc) is 1.69. The van der Waals surface area contributed by atoms with Crippen LogP contribution in [-0.2, 0) is 0 Å². The topological polar surface area (TPSA) is 33.1 Å². The van der Waals surface area contributed by atoms with Gasteiger partial charge in [0.05, 0.1) is 0 Å². The van der Waals surface area contributed by atoms with Crippen LogP contribution in [0.15, 0.2) is 24.4 Å². The molecule has 0 fully saturated rings. The Bertz CT molecular complexity index is 142. The summed E-state index contributed by atoms with van der Waals surface area (Å²) in [5.41, 5.74) is 0. The van der Waals surface area contributed by atoms with Gasteiger partial charge in [-0.25, -0.2) is 4.98 Å². The molecule has 0 aliphatic carbocycles. The van der Waals surface area contributed by atoms with Gasteiger partial charge < -0.3 is 5.11 Å². The van der Waals surface area contributed by atoms with E-state index in [1.165, 1.54) is 12.3 Å². The third-order valence-corrected chi connectivity index (χ3v) is 0.649. The SMILES string of the molecule is Oc1ccccn1.[KH]. The van der Waals surface area contributed by atoms with Gasteiger partial charge in [-0.05, 0) is 6.07 Å². The number of rotatable bonds is 0. The summed E-state index contributed by atoms with van der Waals surface area (Å²) in [5, 5.41) is 8.52. The van der Waals surface area contributed by atoms with Crippen molar-refractivity contribution in [1.82, 2.24) is 4.98 Å². The fourth-order valence-corrected chi connectivity index (χ4v) is 0.354. The van der Waals surface area contributed by atoms with Crippen LogP contribution in [0.5, 0.6) is 5.88 Å². The molecule has 0 amide bonds. The van der Waals surface area contributed by atoms with Crippen LogP contribution < -0.4 is 0 Å². The van der Waals surface area contributed by atoms with E-state index in [-0.39, 0.29) is 57.3 Å². The van der Waals surface area contributed by atoms with Gasteiger partial charge in [0.1, 0.15) is 0 Å². The van der Waals surface area contributed by atoms with E-state index < -0.39 is 0 Å². The Kier molecular flexibility index (Phi) is 4.79. The van der Waals surface area contributed by atoms with E-state index in [0.717, 1.165) is 0 Å². The monoisotopic (exact) mass is 135 g/mol. The van der Waals surface area contributed by atoms with Crippen LogP contribution in [0.3, 0.4) is 0 Å². The van der Waals surface area contributed by atoms with Crippen LogP contribution in [0.25, 0.3) is 0 Å². The van der Waals surface area contributed by atoms with Crippen molar-refractivity contribution >= 4 is 51.4 Å². The summed E-state index contributed by atoms with van der Waals surface area (Å²) >= 11 is 0. The van der Waals surface area contributed by atoms with Crippen LogP contribution in [0, 0.1) is 0 Å². The summed E-state index contributed by atoms with van der Waals surface area (Å²) in [7, 11) is 0. The van der Waals surface area contributed by atoms with Crippen molar-refractivity contribution in [3.63, 3.8) is 0 Å². The Balaban J connectivity index is 0.000000490. The van der Waals surface area contributed by atoms with E-state index in [0.29, 0.717) is 0 Å². The molecule has 0 aliphatic rings. The third kappa shape index (κ3) is 2.79. The zero-order valence-electron chi connectivity index (χ0n) is 3.70. The summed E-state index contributed by atoms with van der Waals surface area (Å²) in [6.07, 6.45) is 1.54. The number of aromatic nitrogens is 1. The summed E-state index contributed by atoms with van der Waals surface area (Å²) in [6, 6.07) is 5.00. The van der Waals surface area contributed by atoms with Gasteiger partial charge in [0.2, 0.25) is 5.88 Å². The van der Waals surface area contributed by atoms with Gasteiger partial charge in [0.15, 0.2) is 0 Å². The normalized spacial score (nSPS) is 7.50. The maximum absolute atomic E-state index is 8.52. The van der Waals surface area contributed by atoms with E-state index in [9.17, 15) is 0 Å². The first-order valence-electron chi connectivity index (χ1n) is 1.99. The van der Waals surface area contributed by atoms with Crippen molar-refractivity contribution in [3.8, 4) is 5.88 Å². The quantitative estimate of drug-likeness (QED) is 0.513. The molecule has 0 radical (unpaired) electrons. The molecule has 3 heteroatoms. The second-order valence-electron chi connectivity index (χ2n) is 1.19. The third-order valence-electron chi connectivity index (χ3n) is 0.649. The standard InChI is InChI=1S/C5H5NO.K.H/c7-5-3-1-2-4-6-5;;/h1-4H,(H,6,7);;. The minimum atomic E-state index is 0. The zero-order valence-corrected chi connectivity index (χ0v) is 3.70. The van der Waals surface area contributed by atoms with Crippen LogP contribution >= 0.6 is 0 Å². The first-order chi connectivity index (χ1) is 3.39. The molecule has 1 N–H and O–H groups in total. The van der Waals surface area contributed by atoms with E-state index >= 15 is 0 Å². The molecule has 1 aromatic rings. The van der Waals surface area contributed by atoms with E-state index in [2.05, 4.69) is 4.98 Å². The molecule has 0 bridgehead atoms. The predicted molar refractivity (Wildman–Crippen MR) is 33.1 cm³/mol. The van der Waals surface area contributed by atoms with Crippen LogP contribution in [0.4, 0.5) is 0 Å². The first kappa shape index (κ1) is 8.59. The fraction of sp³-hybridized carbons (Fsp3) is 0. The molecule has 38 valence electrons. The van der Waals surface area contributed by atoms with Crippen molar-refractivity contribution in [2.45, 2.75) is 0 Å². The molecule has 0 aliphatic heterocycles. The molecular formula is C5H6KNO. The Morgan fingerprint density at radius 3 is 2.38 bits per heavy atom. The maximum atomic E-state index is 8.52. The fourth-order valence-electron chi connectivity index (χ4n) is 0.354. The number of nitrogens with zero attached hydrogens (tertiary/aromatic N) is 1. The molecule has 0 spiro atoms. The number of hydrogen-bond donors (Lipinski definition) is 1. The molecule has 0 unspecified atom stereocenters. The van der Waals surface area contributed by atoms with E-state index in [1.54, 1.807) is 12.1 Å². The number of aromatic hydroxyl groups is 1. The molecule has 2 nitrogen and oxygen atoms in total. The van der Waals surface area contributed by atoms with Crippen molar-refractivity contribution < 1.29 is 5.11 Å². The zero-order chi connectivity index (χ0) is 5.11. The second-order valence-corrected chi connectivity index (χ2v) is 1.19. The molecule has 1 rings (SSSR count). The molecule has 0 aromatic carbocycles. The molecule has 0 atom stereocenters. The Hall–Kier alpha value is 0.586. The predicted octanol–water partition coefficient (Wildman–Crippen LogP) is 0.139. The summed E-state index contributed by atoms with van der Waals surface area (Å²) in [6.45, 7) is 0. The number of hydrogen-bond acceptors (Lipinski definition) is 2. The Morgan fingerprint density at radius 1 is 1.38 bits per heavy atom. The molecule has 1 heterocycles. The molecule has 0 saturated carbocycles. The molecule has 8 heavy (non-hydrogen) atoms. The Labute approximate surface area is 90.4 Å². The van der Waals surface area contributed by atoms with Gasteiger partial charge in [-0.2, -0.15) is 0 Å². The van der Waals surface area contributed by atoms with Gasteiger partial charge in [-0.1, -0.05) is 6.07 Å². The summed E-state index contributed by atoms with van der Waals surface area (Å²) in [4.78, 5) is 3.53. The van der Waals surface area contributed by atoms with Gasteiger partial charge in [0.25, 0.3) is 0 Å². The van der Waals surface area contributed by atoms with E-state index in [4.69, 9.17) is 5.11 Å². The van der Waals surface area contributed by atoms with Crippen LogP contribution in [0.1, 0.15) is 0 Å². The second kappa shape index (κ2) is 4.46. The van der Waals surface area contributed by atoms with Gasteiger partial charge in [-0.15, -0.1) is 0 Å². The van der Waals surface area contributed by atoms with Crippen molar-refractivity contribution in [2.24, 2.45) is 0 Å². The molecular weight excluding hydrogens is 129 g/mol. The minimum absolute atomic E-state index is 0. The number of pyridine rings is 1. The summed E-state index contributed by atoms with van der Waals surface area (Å²) in [5.74, 6) is 0.0718. The van der Waals surface area contributed by atoms with E-state index in [1.807, 2.05) is 0 Å². The van der Waals surface area contributed by atoms with Crippen LogP contribution in [-0.4, -0.2) is 61.5 Å². The van der Waals surface area contributed by atoms with Gasteiger partial charge >= 0.3 is 51.4 Å². The average molecular weight is 135 g/mol.